The van der Waals surface area contributed by atoms with E-state index in [1.807, 2.05) is 0 Å². The van der Waals surface area contributed by atoms with Gasteiger partial charge in [-0.1, -0.05) is 0 Å². The van der Waals surface area contributed by atoms with Crippen molar-refractivity contribution in [3.8, 4) is 5.69 Å². The van der Waals surface area contributed by atoms with Crippen LogP contribution >= 0.6 is 0 Å². The normalized spacial score (nSPS) is 11.5. The second-order valence-corrected chi connectivity index (χ2v) is 6.21. The molecule has 100 valence electrons. The molecular weight excluding hydrogens is 268 g/mol. The number of carboxylic acids is 1. The quantitative estimate of drug-likeness (QED) is 0.914. The molecule has 7 heteroatoms. The fraction of sp³-hybridized carbons (Fsp3) is 0.167. The maximum Gasteiger partial charge on any atom is 0.335 e. The number of carbonyl (C=O) groups is 1. The number of benzene rings is 1. The van der Waals surface area contributed by atoms with Crippen LogP contribution in [0.3, 0.4) is 0 Å². The maximum atomic E-state index is 11.4. The van der Waals surface area contributed by atoms with Crippen molar-refractivity contribution in [1.29, 1.82) is 0 Å². The van der Waals surface area contributed by atoms with E-state index in [0.717, 1.165) is 6.26 Å². The van der Waals surface area contributed by atoms with E-state index in [1.165, 1.54) is 23.1 Å². The molecule has 0 saturated carbocycles. The van der Waals surface area contributed by atoms with Gasteiger partial charge >= 0.3 is 5.97 Å². The number of sulfone groups is 1. The zero-order chi connectivity index (χ0) is 14.2. The van der Waals surface area contributed by atoms with Crippen molar-refractivity contribution >= 4 is 15.8 Å². The maximum absolute atomic E-state index is 11.4. The van der Waals surface area contributed by atoms with Gasteiger partial charge in [0.1, 0.15) is 4.90 Å². The van der Waals surface area contributed by atoms with Gasteiger partial charge in [0.25, 0.3) is 0 Å². The second-order valence-electron chi connectivity index (χ2n) is 4.20. The first kappa shape index (κ1) is 13.3. The Bertz CT molecular complexity index is 747. The van der Waals surface area contributed by atoms with Crippen molar-refractivity contribution in [3.63, 3.8) is 0 Å². The summed E-state index contributed by atoms with van der Waals surface area (Å²) in [6.45, 7) is 1.67. The van der Waals surface area contributed by atoms with E-state index in [2.05, 4.69) is 5.10 Å². The number of hydrogen-bond acceptors (Lipinski definition) is 4. The molecule has 0 aliphatic heterocycles. The Morgan fingerprint density at radius 1 is 1.37 bits per heavy atom. The molecule has 0 fully saturated rings. The number of hydrogen-bond donors (Lipinski definition) is 1. The molecule has 0 atom stereocenters. The van der Waals surface area contributed by atoms with Crippen molar-refractivity contribution in [2.75, 3.05) is 6.26 Å². The van der Waals surface area contributed by atoms with Gasteiger partial charge in [0.05, 0.1) is 17.4 Å². The van der Waals surface area contributed by atoms with Gasteiger partial charge < -0.3 is 5.11 Å². The fourth-order valence-corrected chi connectivity index (χ4v) is 2.20. The van der Waals surface area contributed by atoms with Crippen LogP contribution in [0.4, 0.5) is 0 Å². The minimum atomic E-state index is -3.30. The fourth-order valence-electron chi connectivity index (χ4n) is 1.67. The number of carboxylic acid groups (broad SMARTS) is 1. The molecule has 1 aromatic carbocycles. The van der Waals surface area contributed by atoms with E-state index in [-0.39, 0.29) is 10.5 Å². The zero-order valence-corrected chi connectivity index (χ0v) is 11.2. The first-order valence-electron chi connectivity index (χ1n) is 5.38. The lowest BCUT2D eigenvalue weighted by Gasteiger charge is -2.05. The standard InChI is InChI=1S/C12H12N2O4S/c1-8-5-9(3-4-11(8)12(15)16)14-7-10(6-13-14)19(2,17)18/h3-7H,1-2H3,(H,15,16). The third-order valence-corrected chi connectivity index (χ3v) is 3.76. The highest BCUT2D eigenvalue weighted by Gasteiger charge is 2.12. The predicted octanol–water partition coefficient (Wildman–Crippen LogP) is 1.28. The van der Waals surface area contributed by atoms with Crippen molar-refractivity contribution < 1.29 is 18.3 Å². The van der Waals surface area contributed by atoms with Gasteiger partial charge in [-0.2, -0.15) is 5.10 Å². The number of rotatable bonds is 3. The summed E-state index contributed by atoms with van der Waals surface area (Å²) in [4.78, 5) is 11.0. The van der Waals surface area contributed by atoms with E-state index in [4.69, 9.17) is 5.11 Å². The Kier molecular flexibility index (Phi) is 3.15. The molecule has 0 aliphatic rings. The van der Waals surface area contributed by atoms with Crippen molar-refractivity contribution in [3.05, 3.63) is 41.7 Å². The third kappa shape index (κ3) is 2.65. The lowest BCUT2D eigenvalue weighted by molar-refractivity contribution is 0.0696. The molecule has 0 radical (unpaired) electrons. The highest BCUT2D eigenvalue weighted by molar-refractivity contribution is 7.90. The molecule has 0 saturated heterocycles. The van der Waals surface area contributed by atoms with Crippen LogP contribution in [0.15, 0.2) is 35.5 Å². The summed E-state index contributed by atoms with van der Waals surface area (Å²) in [7, 11) is -3.30. The molecule has 0 amide bonds. The van der Waals surface area contributed by atoms with Gasteiger partial charge in [-0.15, -0.1) is 0 Å². The van der Waals surface area contributed by atoms with Crippen LogP contribution in [0.2, 0.25) is 0 Å². The van der Waals surface area contributed by atoms with Crippen LogP contribution in [-0.2, 0) is 9.84 Å². The first-order chi connectivity index (χ1) is 8.79. The minimum absolute atomic E-state index is 0.118. The lowest BCUT2D eigenvalue weighted by Crippen LogP contribution is -2.02. The first-order valence-corrected chi connectivity index (χ1v) is 7.27. The minimum Gasteiger partial charge on any atom is -0.478 e. The van der Waals surface area contributed by atoms with E-state index >= 15 is 0 Å². The van der Waals surface area contributed by atoms with Crippen molar-refractivity contribution in [2.45, 2.75) is 11.8 Å². The van der Waals surface area contributed by atoms with Crippen molar-refractivity contribution in [2.24, 2.45) is 0 Å². The van der Waals surface area contributed by atoms with Gasteiger partial charge in [0.15, 0.2) is 9.84 Å². The van der Waals surface area contributed by atoms with Crippen LogP contribution in [0.25, 0.3) is 5.69 Å². The highest BCUT2D eigenvalue weighted by Crippen LogP contribution is 2.16. The summed E-state index contributed by atoms with van der Waals surface area (Å²) < 4.78 is 24.1. The van der Waals surface area contributed by atoms with E-state index in [1.54, 1.807) is 19.1 Å². The second kappa shape index (κ2) is 4.51. The molecule has 1 heterocycles. The molecule has 0 unspecified atom stereocenters. The number of aromatic nitrogens is 2. The average Bonchev–Trinajstić information content (AvgIpc) is 2.76. The van der Waals surface area contributed by atoms with Crippen LogP contribution in [-0.4, -0.2) is 35.5 Å². The molecule has 1 aromatic heterocycles. The predicted molar refractivity (Wildman–Crippen MR) is 68.4 cm³/mol. The van der Waals surface area contributed by atoms with E-state index < -0.39 is 15.8 Å². The van der Waals surface area contributed by atoms with Gasteiger partial charge in [-0.05, 0) is 30.7 Å². The Hall–Kier alpha value is -2.15. The Morgan fingerprint density at radius 3 is 2.53 bits per heavy atom. The van der Waals surface area contributed by atoms with Gasteiger partial charge in [0.2, 0.25) is 0 Å². The smallest absolute Gasteiger partial charge is 0.335 e. The summed E-state index contributed by atoms with van der Waals surface area (Å²) in [5.41, 5.74) is 1.40. The summed E-state index contributed by atoms with van der Waals surface area (Å²) in [5, 5.41) is 12.9. The Labute approximate surface area is 110 Å². The molecule has 0 aliphatic carbocycles. The number of aryl methyl sites for hydroxylation is 1. The SMILES string of the molecule is Cc1cc(-n2cc(S(C)(=O)=O)cn2)ccc1C(=O)O. The number of nitrogens with zero attached hydrogens (tertiary/aromatic N) is 2. The van der Waals surface area contributed by atoms with Crippen LogP contribution < -0.4 is 0 Å². The largest absolute Gasteiger partial charge is 0.478 e. The van der Waals surface area contributed by atoms with Crippen LogP contribution in [0.1, 0.15) is 15.9 Å². The molecule has 2 rings (SSSR count). The number of aromatic carboxylic acids is 1. The molecule has 2 aromatic rings. The van der Waals surface area contributed by atoms with E-state index in [9.17, 15) is 13.2 Å². The molecule has 0 bridgehead atoms. The van der Waals surface area contributed by atoms with Crippen molar-refractivity contribution in [1.82, 2.24) is 9.78 Å². The van der Waals surface area contributed by atoms with Gasteiger partial charge in [-0.25, -0.2) is 17.9 Å². The highest BCUT2D eigenvalue weighted by atomic mass is 32.2. The lowest BCUT2D eigenvalue weighted by atomic mass is 10.1. The van der Waals surface area contributed by atoms with E-state index in [0.29, 0.717) is 11.3 Å². The Morgan fingerprint density at radius 2 is 2.05 bits per heavy atom. The molecule has 1 N–H and O–H groups in total. The summed E-state index contributed by atoms with van der Waals surface area (Å²) in [6.07, 6.45) is 3.76. The molecule has 6 nitrogen and oxygen atoms in total. The van der Waals surface area contributed by atoms with Gasteiger partial charge in [-0.3, -0.25) is 0 Å². The molecular formula is C12H12N2O4S. The van der Waals surface area contributed by atoms with Crippen LogP contribution in [0, 0.1) is 6.92 Å². The molecule has 19 heavy (non-hydrogen) atoms. The third-order valence-electron chi connectivity index (χ3n) is 2.69. The molecule has 0 spiro atoms. The Balaban J connectivity index is 2.46. The summed E-state index contributed by atoms with van der Waals surface area (Å²) in [5.74, 6) is -0.999. The topological polar surface area (TPSA) is 89.3 Å². The summed E-state index contributed by atoms with van der Waals surface area (Å²) in [6, 6.07) is 4.69. The zero-order valence-electron chi connectivity index (χ0n) is 10.4. The monoisotopic (exact) mass is 280 g/mol. The van der Waals surface area contributed by atoms with Crippen LogP contribution in [0.5, 0.6) is 0 Å². The van der Waals surface area contributed by atoms with Gasteiger partial charge in [0, 0.05) is 12.5 Å². The average molecular weight is 280 g/mol. The summed E-state index contributed by atoms with van der Waals surface area (Å²) >= 11 is 0.